The number of fused-ring (bicyclic) bond motifs is 1. The average Bonchev–Trinajstić information content (AvgIpc) is 3.66. The van der Waals surface area contributed by atoms with Crippen molar-refractivity contribution in [1.82, 2.24) is 24.8 Å². The molecular formula is C31H34N6O2. The molecule has 3 heterocycles. The molecule has 8 heteroatoms. The van der Waals surface area contributed by atoms with Crippen LogP contribution in [-0.2, 0) is 0 Å². The number of aromatic amines is 1. The highest BCUT2D eigenvalue weighted by atomic mass is 16.5. The largest absolute Gasteiger partial charge is 0.497 e. The maximum absolute atomic E-state index is 6.06. The highest BCUT2D eigenvalue weighted by Crippen LogP contribution is 2.43. The van der Waals surface area contributed by atoms with E-state index in [4.69, 9.17) is 19.6 Å². The molecule has 39 heavy (non-hydrogen) atoms. The second kappa shape index (κ2) is 11.9. The molecule has 6 rings (SSSR count). The van der Waals surface area contributed by atoms with Crippen LogP contribution in [0.5, 0.6) is 11.6 Å². The van der Waals surface area contributed by atoms with Crippen molar-refractivity contribution in [3.05, 3.63) is 78.5 Å². The van der Waals surface area contributed by atoms with Gasteiger partial charge in [0.1, 0.15) is 23.1 Å². The molecule has 1 aliphatic carbocycles. The smallest absolute Gasteiger partial charge is 0.228 e. The van der Waals surface area contributed by atoms with Crippen LogP contribution in [-0.4, -0.2) is 39.0 Å². The standard InChI is InChI=1S/C29H28N6O2.C2H6/c1-36-22-15-13-20(14-16-22)25-27(31-23-17-18-30-33-23)32-28-24(19-9-5-3-6-10-19)26(21-11-7-4-8-12-21)34-35(28)29(25)37-2;1-2/h4,7-9,11-18H,3,5-6,10H2,1-2H3,(H2,30,31,32,33);1-2H3. The van der Waals surface area contributed by atoms with Gasteiger partial charge < -0.3 is 14.8 Å². The van der Waals surface area contributed by atoms with Crippen molar-refractivity contribution in [1.29, 1.82) is 0 Å². The summed E-state index contributed by atoms with van der Waals surface area (Å²) in [6.45, 7) is 4.00. The summed E-state index contributed by atoms with van der Waals surface area (Å²) in [7, 11) is 3.33. The van der Waals surface area contributed by atoms with Gasteiger partial charge in [-0.05, 0) is 49.0 Å². The van der Waals surface area contributed by atoms with Crippen LogP contribution in [0.2, 0.25) is 0 Å². The fraction of sp³-hybridized carbons (Fsp3) is 0.258. The lowest BCUT2D eigenvalue weighted by Gasteiger charge is -2.17. The Labute approximate surface area is 228 Å². The number of anilines is 2. The second-order valence-corrected chi connectivity index (χ2v) is 8.97. The van der Waals surface area contributed by atoms with Crippen molar-refractivity contribution >= 4 is 22.9 Å². The van der Waals surface area contributed by atoms with Crippen LogP contribution in [0.15, 0.2) is 72.9 Å². The molecule has 0 saturated carbocycles. The van der Waals surface area contributed by atoms with Gasteiger partial charge in [-0.2, -0.15) is 14.7 Å². The summed E-state index contributed by atoms with van der Waals surface area (Å²) in [6, 6.07) is 20.0. The molecule has 0 fully saturated rings. The zero-order valence-corrected chi connectivity index (χ0v) is 22.9. The Morgan fingerprint density at radius 3 is 2.31 bits per heavy atom. The minimum absolute atomic E-state index is 0.594. The van der Waals surface area contributed by atoms with Gasteiger partial charge in [0.25, 0.3) is 0 Å². The monoisotopic (exact) mass is 522 g/mol. The predicted octanol–water partition coefficient (Wildman–Crippen LogP) is 7.53. The Morgan fingerprint density at radius 2 is 1.67 bits per heavy atom. The van der Waals surface area contributed by atoms with E-state index in [-0.39, 0.29) is 0 Å². The van der Waals surface area contributed by atoms with Gasteiger partial charge in [-0.3, -0.25) is 5.10 Å². The highest BCUT2D eigenvalue weighted by Gasteiger charge is 2.26. The molecule has 1 aliphatic rings. The van der Waals surface area contributed by atoms with Crippen LogP contribution in [0.25, 0.3) is 33.6 Å². The van der Waals surface area contributed by atoms with Gasteiger partial charge in [0, 0.05) is 11.6 Å². The first-order valence-electron chi connectivity index (χ1n) is 13.4. The molecule has 0 amide bonds. The van der Waals surface area contributed by atoms with Gasteiger partial charge in [-0.15, -0.1) is 0 Å². The van der Waals surface area contributed by atoms with Crippen LogP contribution in [0, 0.1) is 0 Å². The van der Waals surface area contributed by atoms with Gasteiger partial charge >= 0.3 is 0 Å². The minimum atomic E-state index is 0.594. The molecule has 3 aromatic heterocycles. The maximum Gasteiger partial charge on any atom is 0.228 e. The fourth-order valence-corrected chi connectivity index (χ4v) is 4.93. The van der Waals surface area contributed by atoms with E-state index in [1.165, 1.54) is 12.0 Å². The molecule has 8 nitrogen and oxygen atoms in total. The first kappa shape index (κ1) is 26.0. The van der Waals surface area contributed by atoms with Crippen molar-refractivity contribution in [3.63, 3.8) is 0 Å². The molecule has 0 bridgehead atoms. The van der Waals surface area contributed by atoms with Crippen LogP contribution < -0.4 is 14.8 Å². The first-order valence-corrected chi connectivity index (χ1v) is 13.4. The minimum Gasteiger partial charge on any atom is -0.497 e. The average molecular weight is 523 g/mol. The summed E-state index contributed by atoms with van der Waals surface area (Å²) in [5, 5.41) is 15.6. The van der Waals surface area contributed by atoms with Gasteiger partial charge in [0.2, 0.25) is 5.88 Å². The third-order valence-electron chi connectivity index (χ3n) is 6.71. The van der Waals surface area contributed by atoms with Gasteiger partial charge in [-0.1, -0.05) is 62.4 Å². The van der Waals surface area contributed by atoms with Gasteiger partial charge in [0.05, 0.1) is 31.5 Å². The zero-order valence-electron chi connectivity index (χ0n) is 22.9. The highest BCUT2D eigenvalue weighted by molar-refractivity contribution is 5.91. The first-order chi connectivity index (χ1) is 19.3. The van der Waals surface area contributed by atoms with E-state index in [0.717, 1.165) is 64.4 Å². The fourth-order valence-electron chi connectivity index (χ4n) is 4.93. The van der Waals surface area contributed by atoms with E-state index >= 15 is 0 Å². The number of allylic oxidation sites excluding steroid dienone is 2. The SMILES string of the molecule is CC.COc1ccc(-c2c(Nc3ccn[nH]3)nc3c(C4=CCCCC4)c(-c4ccccc4)nn3c2OC)cc1. The van der Waals surface area contributed by atoms with Crippen molar-refractivity contribution < 1.29 is 9.47 Å². The topological polar surface area (TPSA) is 89.4 Å². The molecule has 0 aliphatic heterocycles. The number of H-pyrrole nitrogens is 1. The van der Waals surface area contributed by atoms with E-state index in [1.807, 2.05) is 66.9 Å². The Bertz CT molecular complexity index is 1550. The van der Waals surface area contributed by atoms with E-state index < -0.39 is 0 Å². The number of rotatable bonds is 7. The van der Waals surface area contributed by atoms with Crippen molar-refractivity contribution in [3.8, 4) is 34.0 Å². The van der Waals surface area contributed by atoms with Crippen LogP contribution in [0.4, 0.5) is 11.6 Å². The van der Waals surface area contributed by atoms with Crippen molar-refractivity contribution in [2.75, 3.05) is 19.5 Å². The molecule has 2 N–H and O–H groups in total. The lowest BCUT2D eigenvalue weighted by atomic mass is 9.92. The number of ether oxygens (including phenoxy) is 2. The summed E-state index contributed by atoms with van der Waals surface area (Å²) >= 11 is 0. The number of nitrogens with one attached hydrogen (secondary N) is 2. The quantitative estimate of drug-likeness (QED) is 0.230. The van der Waals surface area contributed by atoms with Crippen LogP contribution in [0.1, 0.15) is 45.1 Å². The summed E-state index contributed by atoms with van der Waals surface area (Å²) in [6.07, 6.45) is 8.44. The number of hydrogen-bond donors (Lipinski definition) is 2. The Balaban J connectivity index is 0.00000151. The third kappa shape index (κ3) is 5.10. The predicted molar refractivity (Wildman–Crippen MR) is 157 cm³/mol. The summed E-state index contributed by atoms with van der Waals surface area (Å²) in [5.41, 5.74) is 6.74. The molecule has 0 unspecified atom stereocenters. The molecule has 200 valence electrons. The van der Waals surface area contributed by atoms with Gasteiger partial charge in [0.15, 0.2) is 5.65 Å². The van der Waals surface area contributed by atoms with Crippen molar-refractivity contribution in [2.45, 2.75) is 39.5 Å². The van der Waals surface area contributed by atoms with Crippen LogP contribution >= 0.6 is 0 Å². The number of aromatic nitrogens is 5. The van der Waals surface area contributed by atoms with E-state index in [0.29, 0.717) is 11.7 Å². The normalized spacial score (nSPS) is 12.9. The maximum atomic E-state index is 6.06. The Kier molecular flexibility index (Phi) is 7.91. The number of methoxy groups -OCH3 is 2. The van der Waals surface area contributed by atoms with E-state index in [2.05, 4.69) is 33.7 Å². The number of nitrogens with zero attached hydrogens (tertiary/aromatic N) is 4. The van der Waals surface area contributed by atoms with Crippen LogP contribution in [0.3, 0.4) is 0 Å². The molecule has 0 atom stereocenters. The number of hydrogen-bond acceptors (Lipinski definition) is 6. The molecule has 0 radical (unpaired) electrons. The second-order valence-electron chi connectivity index (χ2n) is 8.97. The molecule has 0 spiro atoms. The van der Waals surface area contributed by atoms with E-state index in [9.17, 15) is 0 Å². The molecule has 5 aromatic rings. The Hall–Kier alpha value is -4.59. The molecular weight excluding hydrogens is 488 g/mol. The lowest BCUT2D eigenvalue weighted by Crippen LogP contribution is -2.06. The zero-order chi connectivity index (χ0) is 27.2. The van der Waals surface area contributed by atoms with E-state index in [1.54, 1.807) is 20.4 Å². The Morgan fingerprint density at radius 1 is 0.872 bits per heavy atom. The summed E-state index contributed by atoms with van der Waals surface area (Å²) in [5.74, 6) is 2.75. The summed E-state index contributed by atoms with van der Waals surface area (Å²) < 4.78 is 13.3. The third-order valence-corrected chi connectivity index (χ3v) is 6.71. The lowest BCUT2D eigenvalue weighted by molar-refractivity contribution is 0.387. The van der Waals surface area contributed by atoms with Crippen molar-refractivity contribution in [2.24, 2.45) is 0 Å². The molecule has 2 aromatic carbocycles. The van der Waals surface area contributed by atoms with Gasteiger partial charge in [-0.25, -0.2) is 4.98 Å². The summed E-state index contributed by atoms with van der Waals surface area (Å²) in [4.78, 5) is 5.19. The molecule has 0 saturated heterocycles. The number of benzene rings is 2.